The van der Waals surface area contributed by atoms with Gasteiger partial charge in [0.1, 0.15) is 0 Å². The molecule has 0 saturated heterocycles. The van der Waals surface area contributed by atoms with Crippen LogP contribution >= 0.6 is 23.2 Å². The van der Waals surface area contributed by atoms with Crippen molar-refractivity contribution >= 4 is 45.0 Å². The van der Waals surface area contributed by atoms with Crippen molar-refractivity contribution in [3.8, 4) is 0 Å². The molecule has 0 aliphatic heterocycles. The Balaban J connectivity index is 2.55. The van der Waals surface area contributed by atoms with Crippen molar-refractivity contribution in [3.63, 3.8) is 0 Å². The Morgan fingerprint density at radius 2 is 1.13 bits per heavy atom. The van der Waals surface area contributed by atoms with E-state index in [1.54, 1.807) is 0 Å². The molecule has 0 aliphatic carbocycles. The molecule has 0 heterocycles. The third-order valence-corrected chi connectivity index (χ3v) is 5.34. The minimum absolute atomic E-state index is 0.230. The van der Waals surface area contributed by atoms with E-state index < -0.39 is 21.8 Å². The van der Waals surface area contributed by atoms with Crippen LogP contribution in [0, 0.1) is 0 Å². The third-order valence-electron chi connectivity index (χ3n) is 2.96. The van der Waals surface area contributed by atoms with Gasteiger partial charge in [0.05, 0.1) is 31.0 Å². The van der Waals surface area contributed by atoms with Gasteiger partial charge in [-0.25, -0.2) is 18.0 Å². The highest BCUT2D eigenvalue weighted by Gasteiger charge is 2.22. The van der Waals surface area contributed by atoms with E-state index in [0.29, 0.717) is 0 Å². The Bertz CT molecular complexity index is 851. The predicted octanol–water partition coefficient (Wildman–Crippen LogP) is 3.22. The second-order valence-electron chi connectivity index (χ2n) is 4.40. The van der Waals surface area contributed by atoms with Gasteiger partial charge >= 0.3 is 11.9 Å². The number of carbonyl (C=O) groups is 2. The Morgan fingerprint density at radius 3 is 1.39 bits per heavy atom. The molecule has 2 N–H and O–H groups in total. The fraction of sp³-hybridized carbons (Fsp3) is 0. The van der Waals surface area contributed by atoms with Crippen LogP contribution in [-0.2, 0) is 9.84 Å². The summed E-state index contributed by atoms with van der Waals surface area (Å²) in [6.07, 6.45) is 0. The van der Waals surface area contributed by atoms with E-state index in [9.17, 15) is 18.0 Å². The average Bonchev–Trinajstić information content (AvgIpc) is 2.46. The molecule has 0 aromatic heterocycles. The molecule has 23 heavy (non-hydrogen) atoms. The van der Waals surface area contributed by atoms with Gasteiger partial charge in [-0.2, -0.15) is 0 Å². The SMILES string of the molecule is O=C(O)c1ccc(S(=O)(=O)c2ccc(C(=O)O)c(Cl)c2)cc1Cl. The van der Waals surface area contributed by atoms with Crippen LogP contribution in [0.4, 0.5) is 0 Å². The largest absolute Gasteiger partial charge is 0.478 e. The second kappa shape index (κ2) is 6.19. The second-order valence-corrected chi connectivity index (χ2v) is 7.16. The summed E-state index contributed by atoms with van der Waals surface area (Å²) in [6.45, 7) is 0. The van der Waals surface area contributed by atoms with Gasteiger partial charge in [0, 0.05) is 0 Å². The minimum Gasteiger partial charge on any atom is -0.478 e. The number of carboxylic acid groups (broad SMARTS) is 2. The number of halogens is 2. The molecule has 120 valence electrons. The summed E-state index contributed by atoms with van der Waals surface area (Å²) < 4.78 is 25.0. The highest BCUT2D eigenvalue weighted by atomic mass is 35.5. The van der Waals surface area contributed by atoms with E-state index in [1.165, 1.54) is 0 Å². The maximum absolute atomic E-state index is 12.5. The topological polar surface area (TPSA) is 109 Å². The van der Waals surface area contributed by atoms with Crippen LogP contribution < -0.4 is 0 Å². The maximum Gasteiger partial charge on any atom is 0.337 e. The lowest BCUT2D eigenvalue weighted by atomic mass is 10.2. The van der Waals surface area contributed by atoms with E-state index in [1.807, 2.05) is 0 Å². The fourth-order valence-electron chi connectivity index (χ4n) is 1.81. The molecule has 0 spiro atoms. The van der Waals surface area contributed by atoms with Gasteiger partial charge in [0.25, 0.3) is 0 Å². The predicted molar refractivity (Wildman–Crippen MR) is 82.3 cm³/mol. The fourth-order valence-corrected chi connectivity index (χ4v) is 3.77. The number of carboxylic acids is 2. The molecule has 6 nitrogen and oxygen atoms in total. The summed E-state index contributed by atoms with van der Waals surface area (Å²) in [5, 5.41) is 17.3. The molecule has 2 aromatic rings. The van der Waals surface area contributed by atoms with Gasteiger partial charge in [-0.1, -0.05) is 23.2 Å². The van der Waals surface area contributed by atoms with Crippen LogP contribution in [-0.4, -0.2) is 30.6 Å². The first-order valence-electron chi connectivity index (χ1n) is 5.95. The number of hydrogen-bond acceptors (Lipinski definition) is 4. The molecule has 0 amide bonds. The maximum atomic E-state index is 12.5. The van der Waals surface area contributed by atoms with Crippen molar-refractivity contribution in [2.75, 3.05) is 0 Å². The van der Waals surface area contributed by atoms with E-state index in [2.05, 4.69) is 0 Å². The van der Waals surface area contributed by atoms with E-state index in [0.717, 1.165) is 36.4 Å². The number of sulfone groups is 1. The van der Waals surface area contributed by atoms with Crippen LogP contribution in [0.1, 0.15) is 20.7 Å². The van der Waals surface area contributed by atoms with Gasteiger partial charge in [0.2, 0.25) is 9.84 Å². The Hall–Kier alpha value is -2.09. The first kappa shape index (κ1) is 17.3. The molecular formula is C14H8Cl2O6S. The molecule has 2 aromatic carbocycles. The van der Waals surface area contributed by atoms with Crippen molar-refractivity contribution in [3.05, 3.63) is 57.6 Å². The van der Waals surface area contributed by atoms with Crippen molar-refractivity contribution in [1.82, 2.24) is 0 Å². The molecule has 0 bridgehead atoms. The number of hydrogen-bond donors (Lipinski definition) is 2. The highest BCUT2D eigenvalue weighted by molar-refractivity contribution is 7.91. The normalized spacial score (nSPS) is 11.2. The number of aromatic carboxylic acids is 2. The molecule has 0 fully saturated rings. The Kier molecular flexibility index (Phi) is 4.65. The lowest BCUT2D eigenvalue weighted by Crippen LogP contribution is -2.06. The zero-order chi connectivity index (χ0) is 17.4. The zero-order valence-electron chi connectivity index (χ0n) is 11.2. The first-order valence-corrected chi connectivity index (χ1v) is 8.19. The van der Waals surface area contributed by atoms with Crippen LogP contribution in [0.3, 0.4) is 0 Å². The van der Waals surface area contributed by atoms with E-state index in [-0.39, 0.29) is 31.0 Å². The first-order chi connectivity index (χ1) is 10.6. The number of rotatable bonds is 4. The molecule has 0 atom stereocenters. The molecule has 0 saturated carbocycles. The average molecular weight is 375 g/mol. The van der Waals surface area contributed by atoms with Crippen molar-refractivity contribution in [1.29, 1.82) is 0 Å². The van der Waals surface area contributed by atoms with Gasteiger partial charge in [-0.3, -0.25) is 0 Å². The Morgan fingerprint density at radius 1 is 0.783 bits per heavy atom. The lowest BCUT2D eigenvalue weighted by molar-refractivity contribution is 0.0686. The lowest BCUT2D eigenvalue weighted by Gasteiger charge is -2.08. The van der Waals surface area contributed by atoms with Crippen LogP contribution in [0.2, 0.25) is 10.0 Å². The molecule has 9 heteroatoms. The quantitative estimate of drug-likeness (QED) is 0.849. The van der Waals surface area contributed by atoms with Crippen molar-refractivity contribution in [2.24, 2.45) is 0 Å². The van der Waals surface area contributed by atoms with Crippen molar-refractivity contribution in [2.45, 2.75) is 9.79 Å². The Labute approximate surface area is 140 Å². The third kappa shape index (κ3) is 3.31. The summed E-state index contributed by atoms with van der Waals surface area (Å²) >= 11 is 11.5. The zero-order valence-corrected chi connectivity index (χ0v) is 13.5. The van der Waals surface area contributed by atoms with Gasteiger partial charge in [-0.15, -0.1) is 0 Å². The smallest absolute Gasteiger partial charge is 0.337 e. The summed E-state index contributed by atoms with van der Waals surface area (Å²) in [6, 6.07) is 6.38. The minimum atomic E-state index is -4.02. The summed E-state index contributed by atoms with van der Waals surface area (Å²) in [4.78, 5) is 21.3. The molecule has 0 radical (unpaired) electrons. The van der Waals surface area contributed by atoms with Crippen LogP contribution in [0.15, 0.2) is 46.2 Å². The van der Waals surface area contributed by atoms with Crippen LogP contribution in [0.5, 0.6) is 0 Å². The molecule has 2 rings (SSSR count). The molecule has 0 aliphatic rings. The van der Waals surface area contributed by atoms with Gasteiger partial charge < -0.3 is 10.2 Å². The molecular weight excluding hydrogens is 367 g/mol. The summed E-state index contributed by atoms with van der Waals surface area (Å²) in [5.74, 6) is -2.57. The standard InChI is InChI=1S/C14H8Cl2O6S/c15-11-5-7(1-3-9(11)13(17)18)23(21,22)8-2-4-10(14(19)20)12(16)6-8/h1-6H,(H,17,18)(H,19,20). The summed E-state index contributed by atoms with van der Waals surface area (Å²) in [5.41, 5.74) is -0.463. The van der Waals surface area contributed by atoms with Gasteiger partial charge in [-0.05, 0) is 36.4 Å². The molecule has 0 unspecified atom stereocenters. The summed E-state index contributed by atoms with van der Waals surface area (Å²) in [7, 11) is -4.02. The monoisotopic (exact) mass is 374 g/mol. The number of benzene rings is 2. The van der Waals surface area contributed by atoms with Crippen molar-refractivity contribution < 1.29 is 28.2 Å². The van der Waals surface area contributed by atoms with Gasteiger partial charge in [0.15, 0.2) is 0 Å². The van der Waals surface area contributed by atoms with Crippen LogP contribution in [0.25, 0.3) is 0 Å². The highest BCUT2D eigenvalue weighted by Crippen LogP contribution is 2.28. The van der Waals surface area contributed by atoms with E-state index >= 15 is 0 Å². The van der Waals surface area contributed by atoms with E-state index in [4.69, 9.17) is 33.4 Å².